The molecular formula is C13H20N6S. The summed E-state index contributed by atoms with van der Waals surface area (Å²) in [4.78, 5) is 13.2. The van der Waals surface area contributed by atoms with Gasteiger partial charge in [0.2, 0.25) is 0 Å². The fourth-order valence-electron chi connectivity index (χ4n) is 1.62. The predicted molar refractivity (Wildman–Crippen MR) is 82.8 cm³/mol. The van der Waals surface area contributed by atoms with Gasteiger partial charge in [-0.25, -0.2) is 20.8 Å². The summed E-state index contributed by atoms with van der Waals surface area (Å²) in [6.07, 6.45) is 2.69. The van der Waals surface area contributed by atoms with E-state index in [9.17, 15) is 0 Å². The molecule has 0 unspecified atom stereocenters. The average Bonchev–Trinajstić information content (AvgIpc) is 2.90. The van der Waals surface area contributed by atoms with Crippen LogP contribution >= 0.6 is 11.3 Å². The fraction of sp³-hybridized carbons (Fsp3) is 0.462. The highest BCUT2D eigenvalue weighted by Gasteiger charge is 2.19. The molecule has 0 aliphatic rings. The van der Waals surface area contributed by atoms with Gasteiger partial charge >= 0.3 is 0 Å². The van der Waals surface area contributed by atoms with Crippen molar-refractivity contribution in [1.82, 2.24) is 15.0 Å². The number of nitrogens with zero attached hydrogens (tertiary/aromatic N) is 3. The molecule has 0 atom stereocenters. The van der Waals surface area contributed by atoms with Gasteiger partial charge in [0.25, 0.3) is 0 Å². The monoisotopic (exact) mass is 292 g/mol. The van der Waals surface area contributed by atoms with E-state index >= 15 is 0 Å². The van der Waals surface area contributed by atoms with Crippen LogP contribution in [0.5, 0.6) is 0 Å². The highest BCUT2D eigenvalue weighted by atomic mass is 32.1. The Bertz CT molecular complexity index is 546. The second-order valence-corrected chi connectivity index (χ2v) is 6.44. The molecule has 4 N–H and O–H groups in total. The van der Waals surface area contributed by atoms with E-state index in [1.54, 1.807) is 17.4 Å². The van der Waals surface area contributed by atoms with Gasteiger partial charge in [-0.15, -0.1) is 11.3 Å². The molecule has 2 heterocycles. The van der Waals surface area contributed by atoms with Crippen molar-refractivity contribution in [1.29, 1.82) is 0 Å². The quantitative estimate of drug-likeness (QED) is 0.578. The van der Waals surface area contributed by atoms with Crippen molar-refractivity contribution in [2.75, 3.05) is 17.3 Å². The van der Waals surface area contributed by atoms with Gasteiger partial charge in [0.05, 0.1) is 5.01 Å². The molecule has 0 aliphatic heterocycles. The molecule has 0 saturated heterocycles. The number of anilines is 2. The van der Waals surface area contributed by atoms with E-state index in [-0.39, 0.29) is 5.41 Å². The second-order valence-electron chi connectivity index (χ2n) is 5.46. The van der Waals surface area contributed by atoms with Crippen LogP contribution in [0.25, 0.3) is 0 Å². The molecule has 2 aromatic rings. The Morgan fingerprint density at radius 3 is 2.60 bits per heavy atom. The van der Waals surface area contributed by atoms with Gasteiger partial charge < -0.3 is 10.7 Å². The third-order valence-corrected chi connectivity index (χ3v) is 3.51. The summed E-state index contributed by atoms with van der Waals surface area (Å²) in [6.45, 7) is 6.99. The van der Waals surface area contributed by atoms with E-state index in [2.05, 4.69) is 46.5 Å². The van der Waals surface area contributed by atoms with Crippen molar-refractivity contribution in [2.45, 2.75) is 32.6 Å². The Hall–Kier alpha value is -1.73. The van der Waals surface area contributed by atoms with Crippen molar-refractivity contribution in [3.8, 4) is 0 Å². The Labute approximate surface area is 122 Å². The topological polar surface area (TPSA) is 88.8 Å². The van der Waals surface area contributed by atoms with Crippen LogP contribution in [-0.2, 0) is 11.8 Å². The van der Waals surface area contributed by atoms with Crippen LogP contribution in [0.2, 0.25) is 0 Å². The summed E-state index contributed by atoms with van der Waals surface area (Å²) >= 11 is 1.66. The summed E-state index contributed by atoms with van der Waals surface area (Å²) in [5.74, 6) is 7.60. The van der Waals surface area contributed by atoms with E-state index in [1.807, 2.05) is 11.6 Å². The summed E-state index contributed by atoms with van der Waals surface area (Å²) in [5, 5.41) is 6.38. The standard InChI is InChI=1S/C13H20N6S/c1-13(2,3)12-17-9(8-10(18-12)19-14)15-5-4-11-16-6-7-20-11/h6-8H,4-5,14H2,1-3H3,(H2,15,17,18,19). The molecule has 0 aliphatic carbocycles. The summed E-state index contributed by atoms with van der Waals surface area (Å²) < 4.78 is 0. The van der Waals surface area contributed by atoms with Crippen LogP contribution in [0, 0.1) is 0 Å². The first-order valence-corrected chi connectivity index (χ1v) is 7.35. The number of thiazole rings is 1. The van der Waals surface area contributed by atoms with Crippen molar-refractivity contribution >= 4 is 23.0 Å². The molecular weight excluding hydrogens is 272 g/mol. The first kappa shape index (κ1) is 14.7. The Balaban J connectivity index is 2.06. The molecule has 0 bridgehead atoms. The first-order valence-electron chi connectivity index (χ1n) is 6.47. The number of aromatic nitrogens is 3. The van der Waals surface area contributed by atoms with Gasteiger partial charge in [-0.3, -0.25) is 0 Å². The molecule has 0 amide bonds. The Morgan fingerprint density at radius 2 is 2.00 bits per heavy atom. The fourth-order valence-corrected chi connectivity index (χ4v) is 2.24. The highest BCUT2D eigenvalue weighted by Crippen LogP contribution is 2.21. The average molecular weight is 292 g/mol. The molecule has 2 rings (SSSR count). The minimum atomic E-state index is -0.126. The smallest absolute Gasteiger partial charge is 0.145 e. The number of nitrogens with one attached hydrogen (secondary N) is 2. The number of rotatable bonds is 5. The van der Waals surface area contributed by atoms with E-state index in [0.29, 0.717) is 5.82 Å². The highest BCUT2D eigenvalue weighted by molar-refractivity contribution is 7.09. The van der Waals surface area contributed by atoms with Crippen molar-refractivity contribution in [3.05, 3.63) is 28.5 Å². The van der Waals surface area contributed by atoms with E-state index in [4.69, 9.17) is 5.84 Å². The van der Waals surface area contributed by atoms with Crippen LogP contribution in [0.3, 0.4) is 0 Å². The number of hydrogen-bond donors (Lipinski definition) is 3. The first-order chi connectivity index (χ1) is 9.49. The lowest BCUT2D eigenvalue weighted by atomic mass is 9.96. The SMILES string of the molecule is CC(C)(C)c1nc(NN)cc(NCCc2nccs2)n1. The van der Waals surface area contributed by atoms with Gasteiger partial charge in [0, 0.05) is 36.0 Å². The maximum absolute atomic E-state index is 5.46. The minimum Gasteiger partial charge on any atom is -0.369 e. The third-order valence-electron chi connectivity index (χ3n) is 2.67. The molecule has 0 fully saturated rings. The second kappa shape index (κ2) is 6.15. The normalized spacial score (nSPS) is 11.4. The lowest BCUT2D eigenvalue weighted by molar-refractivity contribution is 0.546. The van der Waals surface area contributed by atoms with Gasteiger partial charge in [-0.1, -0.05) is 20.8 Å². The lowest BCUT2D eigenvalue weighted by Gasteiger charge is -2.18. The maximum atomic E-state index is 5.46. The molecule has 108 valence electrons. The summed E-state index contributed by atoms with van der Waals surface area (Å²) in [5.41, 5.74) is 2.46. The molecule has 7 heteroatoms. The van der Waals surface area contributed by atoms with Crippen molar-refractivity contribution in [3.63, 3.8) is 0 Å². The molecule has 6 nitrogen and oxygen atoms in total. The third kappa shape index (κ3) is 3.88. The van der Waals surface area contributed by atoms with E-state index < -0.39 is 0 Å². The van der Waals surface area contributed by atoms with Crippen LogP contribution in [0.4, 0.5) is 11.6 Å². The van der Waals surface area contributed by atoms with Crippen molar-refractivity contribution in [2.24, 2.45) is 5.84 Å². The Kier molecular flexibility index (Phi) is 4.51. The number of nitrogens with two attached hydrogens (primary N) is 1. The van der Waals surface area contributed by atoms with Crippen LogP contribution in [0.1, 0.15) is 31.6 Å². The molecule has 0 saturated carbocycles. The zero-order valence-corrected chi connectivity index (χ0v) is 12.8. The van der Waals surface area contributed by atoms with E-state index in [0.717, 1.165) is 29.6 Å². The number of hydrogen-bond acceptors (Lipinski definition) is 7. The zero-order chi connectivity index (χ0) is 14.6. The van der Waals surface area contributed by atoms with Gasteiger partial charge in [0.15, 0.2) is 0 Å². The van der Waals surface area contributed by atoms with Gasteiger partial charge in [0.1, 0.15) is 17.5 Å². The van der Waals surface area contributed by atoms with Crippen LogP contribution < -0.4 is 16.6 Å². The van der Waals surface area contributed by atoms with Crippen LogP contribution in [0.15, 0.2) is 17.6 Å². The number of hydrazine groups is 1. The lowest BCUT2D eigenvalue weighted by Crippen LogP contribution is -2.20. The maximum Gasteiger partial charge on any atom is 0.145 e. The van der Waals surface area contributed by atoms with E-state index in [1.165, 1.54) is 0 Å². The summed E-state index contributed by atoms with van der Waals surface area (Å²) in [7, 11) is 0. The van der Waals surface area contributed by atoms with Gasteiger partial charge in [-0.2, -0.15) is 0 Å². The predicted octanol–water partition coefficient (Wildman–Crippen LogP) is 2.17. The minimum absolute atomic E-state index is 0.126. The molecule has 2 aromatic heterocycles. The number of nitrogen functional groups attached to an aromatic ring is 1. The molecule has 20 heavy (non-hydrogen) atoms. The Morgan fingerprint density at radius 1 is 1.25 bits per heavy atom. The summed E-state index contributed by atoms with van der Waals surface area (Å²) in [6, 6.07) is 1.80. The molecule has 0 radical (unpaired) electrons. The largest absolute Gasteiger partial charge is 0.369 e. The van der Waals surface area contributed by atoms with Gasteiger partial charge in [-0.05, 0) is 0 Å². The van der Waals surface area contributed by atoms with Crippen molar-refractivity contribution < 1.29 is 0 Å². The molecule has 0 spiro atoms. The zero-order valence-electron chi connectivity index (χ0n) is 12.0. The molecule has 0 aromatic carbocycles. The van der Waals surface area contributed by atoms with Crippen LogP contribution in [-0.4, -0.2) is 21.5 Å².